The third kappa shape index (κ3) is 6.54. The van der Waals surface area contributed by atoms with E-state index in [1.807, 2.05) is 0 Å². The first-order valence-corrected chi connectivity index (χ1v) is 10.2. The van der Waals surface area contributed by atoms with Gasteiger partial charge in [0.15, 0.2) is 6.29 Å². The fraction of sp³-hybridized carbons (Fsp3) is 0.391. The lowest BCUT2D eigenvalue weighted by molar-refractivity contribution is -0.168. The number of methoxy groups -OCH3 is 1. The summed E-state index contributed by atoms with van der Waals surface area (Å²) in [6.45, 7) is 0.645. The Morgan fingerprint density at radius 3 is 2.56 bits per heavy atom. The van der Waals surface area contributed by atoms with Crippen molar-refractivity contribution in [3.8, 4) is 0 Å². The first-order chi connectivity index (χ1) is 15.3. The maximum atomic E-state index is 12.9. The topological polar surface area (TPSA) is 73.9 Å². The van der Waals surface area contributed by atoms with Gasteiger partial charge < -0.3 is 19.5 Å². The van der Waals surface area contributed by atoms with Gasteiger partial charge >= 0.3 is 12.1 Å². The van der Waals surface area contributed by atoms with Gasteiger partial charge in [-0.25, -0.2) is 4.79 Å². The second-order valence-electron chi connectivity index (χ2n) is 7.40. The number of esters is 1. The van der Waals surface area contributed by atoms with Crippen molar-refractivity contribution in [2.45, 2.75) is 44.9 Å². The Morgan fingerprint density at radius 1 is 1.09 bits per heavy atom. The molecule has 2 aromatic carbocycles. The third-order valence-electron chi connectivity index (χ3n) is 4.96. The molecule has 1 amide bonds. The third-order valence-corrected chi connectivity index (χ3v) is 4.96. The molecule has 0 bridgehead atoms. The Hall–Kier alpha value is -2.91. The summed E-state index contributed by atoms with van der Waals surface area (Å²) in [4.78, 5) is 24.7. The molecule has 0 aromatic heterocycles. The molecule has 1 atom stereocenters. The van der Waals surface area contributed by atoms with Crippen LogP contribution in [0.5, 0.6) is 0 Å². The second-order valence-corrected chi connectivity index (χ2v) is 7.40. The van der Waals surface area contributed by atoms with E-state index in [4.69, 9.17) is 14.2 Å². The van der Waals surface area contributed by atoms with Gasteiger partial charge in [0, 0.05) is 18.7 Å². The number of benzene rings is 2. The zero-order chi connectivity index (χ0) is 23.1. The summed E-state index contributed by atoms with van der Waals surface area (Å²) in [5, 5.41) is 2.59. The van der Waals surface area contributed by atoms with E-state index in [9.17, 15) is 22.8 Å². The van der Waals surface area contributed by atoms with Gasteiger partial charge in [0.25, 0.3) is 5.91 Å². The van der Waals surface area contributed by atoms with Crippen molar-refractivity contribution in [1.29, 1.82) is 0 Å². The minimum Gasteiger partial charge on any atom is -0.465 e. The summed E-state index contributed by atoms with van der Waals surface area (Å²) < 4.78 is 54.7. The van der Waals surface area contributed by atoms with Crippen LogP contribution in [-0.4, -0.2) is 31.9 Å². The van der Waals surface area contributed by atoms with Crippen molar-refractivity contribution in [2.24, 2.45) is 0 Å². The molecule has 1 heterocycles. The lowest BCUT2D eigenvalue weighted by Crippen LogP contribution is -2.24. The highest BCUT2D eigenvalue weighted by molar-refractivity contribution is 5.98. The molecule has 0 radical (unpaired) electrons. The summed E-state index contributed by atoms with van der Waals surface area (Å²) in [5.41, 5.74) is 0.424. The quantitative estimate of drug-likeness (QED) is 0.629. The summed E-state index contributed by atoms with van der Waals surface area (Å²) in [6, 6.07) is 9.22. The standard InChI is InChI=1S/C23H24F3NO5/c1-30-22(29)18-10-16(14-32-20-7-2-3-8-31-20)9-17(12-18)21(28)27-13-15-5-4-6-19(11-15)23(24,25)26/h4-6,9-12,20H,2-3,7-8,13-14H2,1H3,(H,27,28). The minimum absolute atomic E-state index is 0.104. The summed E-state index contributed by atoms with van der Waals surface area (Å²) in [7, 11) is 1.23. The molecular formula is C23H24F3NO5. The largest absolute Gasteiger partial charge is 0.465 e. The van der Waals surface area contributed by atoms with E-state index in [2.05, 4.69) is 5.32 Å². The van der Waals surface area contributed by atoms with Crippen LogP contribution in [0.15, 0.2) is 42.5 Å². The van der Waals surface area contributed by atoms with Gasteiger partial charge in [0.1, 0.15) is 0 Å². The average molecular weight is 451 g/mol. The smallest absolute Gasteiger partial charge is 0.416 e. The van der Waals surface area contributed by atoms with Crippen molar-refractivity contribution in [3.05, 3.63) is 70.3 Å². The molecule has 0 saturated carbocycles. The van der Waals surface area contributed by atoms with E-state index in [-0.39, 0.29) is 30.6 Å². The molecule has 32 heavy (non-hydrogen) atoms. The van der Waals surface area contributed by atoms with Gasteiger partial charge in [0.2, 0.25) is 0 Å². The van der Waals surface area contributed by atoms with Crippen LogP contribution in [-0.2, 0) is 33.5 Å². The van der Waals surface area contributed by atoms with Crippen LogP contribution in [0, 0.1) is 0 Å². The molecule has 9 heteroatoms. The summed E-state index contributed by atoms with van der Waals surface area (Å²) >= 11 is 0. The molecule has 0 aliphatic carbocycles. The van der Waals surface area contributed by atoms with Crippen LogP contribution < -0.4 is 5.32 Å². The highest BCUT2D eigenvalue weighted by Crippen LogP contribution is 2.29. The predicted octanol–water partition coefficient (Wildman–Crippen LogP) is 4.47. The fourth-order valence-corrected chi connectivity index (χ4v) is 3.32. The Kier molecular flexibility index (Phi) is 7.87. The second kappa shape index (κ2) is 10.6. The number of rotatable bonds is 7. The molecule has 1 fully saturated rings. The number of hydrogen-bond donors (Lipinski definition) is 1. The number of amides is 1. The van der Waals surface area contributed by atoms with E-state index in [1.54, 1.807) is 12.1 Å². The monoisotopic (exact) mass is 451 g/mol. The lowest BCUT2D eigenvalue weighted by atomic mass is 10.0. The van der Waals surface area contributed by atoms with Crippen LogP contribution in [0.1, 0.15) is 56.7 Å². The number of carbonyl (C=O) groups excluding carboxylic acids is 2. The fourth-order valence-electron chi connectivity index (χ4n) is 3.32. The van der Waals surface area contributed by atoms with Crippen LogP contribution in [0.4, 0.5) is 13.2 Å². The maximum absolute atomic E-state index is 12.9. The first-order valence-electron chi connectivity index (χ1n) is 10.2. The number of nitrogens with one attached hydrogen (secondary N) is 1. The van der Waals surface area contributed by atoms with Crippen molar-refractivity contribution in [2.75, 3.05) is 13.7 Å². The van der Waals surface area contributed by atoms with Crippen LogP contribution >= 0.6 is 0 Å². The first kappa shape index (κ1) is 23.7. The van der Waals surface area contributed by atoms with Gasteiger partial charge in [-0.2, -0.15) is 13.2 Å². The summed E-state index contributed by atoms with van der Waals surface area (Å²) in [5.74, 6) is -1.16. The van der Waals surface area contributed by atoms with Crippen molar-refractivity contribution in [3.63, 3.8) is 0 Å². The number of ether oxygens (including phenoxy) is 3. The van der Waals surface area contributed by atoms with E-state index >= 15 is 0 Å². The van der Waals surface area contributed by atoms with Crippen molar-refractivity contribution < 1.29 is 37.0 Å². The molecule has 6 nitrogen and oxygen atoms in total. The summed E-state index contributed by atoms with van der Waals surface area (Å²) in [6.07, 6.45) is -2.07. The number of alkyl halides is 3. The van der Waals surface area contributed by atoms with E-state index in [0.29, 0.717) is 17.7 Å². The van der Waals surface area contributed by atoms with Gasteiger partial charge in [-0.3, -0.25) is 4.79 Å². The molecule has 1 aliphatic heterocycles. The Labute approximate surface area is 183 Å². The normalized spacial score (nSPS) is 16.4. The van der Waals surface area contributed by atoms with E-state index in [0.717, 1.165) is 31.4 Å². The lowest BCUT2D eigenvalue weighted by Gasteiger charge is -2.22. The Morgan fingerprint density at radius 2 is 1.88 bits per heavy atom. The Balaban J connectivity index is 1.71. The van der Waals surface area contributed by atoms with E-state index < -0.39 is 23.6 Å². The number of halogens is 3. The molecule has 1 aliphatic rings. The zero-order valence-electron chi connectivity index (χ0n) is 17.5. The van der Waals surface area contributed by atoms with Crippen LogP contribution in [0.25, 0.3) is 0 Å². The average Bonchev–Trinajstić information content (AvgIpc) is 2.80. The minimum atomic E-state index is -4.47. The molecule has 3 rings (SSSR count). The number of carbonyl (C=O) groups is 2. The molecule has 172 valence electrons. The Bertz CT molecular complexity index is 955. The van der Waals surface area contributed by atoms with Gasteiger partial charge in [0.05, 0.1) is 24.8 Å². The van der Waals surface area contributed by atoms with Gasteiger partial charge in [-0.1, -0.05) is 12.1 Å². The molecule has 0 spiro atoms. The van der Waals surface area contributed by atoms with Gasteiger partial charge in [-0.05, 0) is 60.7 Å². The highest BCUT2D eigenvalue weighted by atomic mass is 19.4. The number of hydrogen-bond acceptors (Lipinski definition) is 5. The van der Waals surface area contributed by atoms with Crippen LogP contribution in [0.3, 0.4) is 0 Å². The molecule has 2 aromatic rings. The highest BCUT2D eigenvalue weighted by Gasteiger charge is 2.30. The maximum Gasteiger partial charge on any atom is 0.416 e. The molecular weight excluding hydrogens is 427 g/mol. The van der Waals surface area contributed by atoms with Crippen molar-refractivity contribution >= 4 is 11.9 Å². The van der Waals surface area contributed by atoms with Gasteiger partial charge in [-0.15, -0.1) is 0 Å². The molecule has 1 saturated heterocycles. The molecule has 1 N–H and O–H groups in total. The SMILES string of the molecule is COC(=O)c1cc(COC2CCCCO2)cc(C(=O)NCc2cccc(C(F)(F)F)c2)c1. The predicted molar refractivity (Wildman–Crippen MR) is 109 cm³/mol. The van der Waals surface area contributed by atoms with Crippen molar-refractivity contribution in [1.82, 2.24) is 5.32 Å². The molecule has 1 unspecified atom stereocenters. The zero-order valence-corrected chi connectivity index (χ0v) is 17.5. The van der Waals surface area contributed by atoms with Crippen LogP contribution in [0.2, 0.25) is 0 Å². The van der Waals surface area contributed by atoms with E-state index in [1.165, 1.54) is 25.3 Å².